The Labute approximate surface area is 119 Å². The van der Waals surface area contributed by atoms with Crippen LogP contribution >= 0.6 is 0 Å². The molecular weight excluding hydrogens is 254 g/mol. The lowest BCUT2D eigenvalue weighted by molar-refractivity contribution is 0.0889. The Morgan fingerprint density at radius 1 is 0.850 bits per heavy atom. The molecule has 2 rings (SSSR count). The van der Waals surface area contributed by atoms with E-state index in [4.69, 9.17) is 19.9 Å². The Bertz CT molecular complexity index is 508. The van der Waals surface area contributed by atoms with Gasteiger partial charge in [-0.15, -0.1) is 0 Å². The highest BCUT2D eigenvalue weighted by Gasteiger charge is 1.96. The highest BCUT2D eigenvalue weighted by Crippen LogP contribution is 2.16. The molecule has 0 aromatic heterocycles. The number of benzene rings is 2. The first-order valence-electron chi connectivity index (χ1n) is 6.47. The molecule has 0 saturated heterocycles. The van der Waals surface area contributed by atoms with Gasteiger partial charge < -0.3 is 19.9 Å². The second-order valence-electron chi connectivity index (χ2n) is 4.32. The molecule has 0 atom stereocenters. The molecule has 4 heteroatoms. The quantitative estimate of drug-likeness (QED) is 0.622. The van der Waals surface area contributed by atoms with E-state index in [1.54, 1.807) is 7.11 Å². The molecule has 0 aliphatic carbocycles. The molecule has 0 unspecified atom stereocenters. The molecule has 2 N–H and O–H groups in total. The van der Waals surface area contributed by atoms with Gasteiger partial charge in [-0.25, -0.2) is 0 Å². The van der Waals surface area contributed by atoms with Crippen LogP contribution in [-0.4, -0.2) is 20.3 Å². The summed E-state index contributed by atoms with van der Waals surface area (Å²) in [5.74, 6) is 1.62. The van der Waals surface area contributed by atoms with Gasteiger partial charge in [0.15, 0.2) is 0 Å². The van der Waals surface area contributed by atoms with E-state index in [2.05, 4.69) is 0 Å². The third-order valence-electron chi connectivity index (χ3n) is 2.80. The van der Waals surface area contributed by atoms with Crippen LogP contribution in [0.5, 0.6) is 11.5 Å². The van der Waals surface area contributed by atoms with Gasteiger partial charge in [0.25, 0.3) is 0 Å². The average molecular weight is 273 g/mol. The predicted octanol–water partition coefficient (Wildman–Crippen LogP) is 2.87. The van der Waals surface area contributed by atoms with Crippen molar-refractivity contribution in [2.75, 3.05) is 26.1 Å². The molecule has 4 nitrogen and oxygen atoms in total. The van der Waals surface area contributed by atoms with E-state index in [0.29, 0.717) is 19.8 Å². The van der Waals surface area contributed by atoms with Gasteiger partial charge in [-0.2, -0.15) is 0 Å². The molecule has 20 heavy (non-hydrogen) atoms. The molecule has 0 aliphatic heterocycles. The van der Waals surface area contributed by atoms with Crippen molar-refractivity contribution in [1.29, 1.82) is 0 Å². The predicted molar refractivity (Wildman–Crippen MR) is 79.0 cm³/mol. The van der Waals surface area contributed by atoms with Crippen molar-refractivity contribution >= 4 is 5.69 Å². The number of ether oxygens (including phenoxy) is 3. The molecule has 0 saturated carbocycles. The van der Waals surface area contributed by atoms with Crippen molar-refractivity contribution in [2.24, 2.45) is 0 Å². The van der Waals surface area contributed by atoms with Crippen molar-refractivity contribution in [3.8, 4) is 11.5 Å². The summed E-state index contributed by atoms with van der Waals surface area (Å²) in [6.45, 7) is 1.62. The molecule has 0 heterocycles. The van der Waals surface area contributed by atoms with Crippen LogP contribution in [0.15, 0.2) is 48.5 Å². The normalized spacial score (nSPS) is 10.2. The number of rotatable bonds is 7. The lowest BCUT2D eigenvalue weighted by Gasteiger charge is -2.08. The van der Waals surface area contributed by atoms with Crippen LogP contribution in [0.2, 0.25) is 0 Å². The number of nitrogen functional groups attached to an aromatic ring is 1. The summed E-state index contributed by atoms with van der Waals surface area (Å²) in [5.41, 5.74) is 7.48. The van der Waals surface area contributed by atoms with E-state index in [0.717, 1.165) is 22.7 Å². The summed E-state index contributed by atoms with van der Waals surface area (Å²) >= 11 is 0. The van der Waals surface area contributed by atoms with E-state index in [-0.39, 0.29) is 0 Å². The van der Waals surface area contributed by atoms with Crippen molar-refractivity contribution < 1.29 is 14.2 Å². The summed E-state index contributed by atoms with van der Waals surface area (Å²) in [7, 11) is 1.64. The van der Waals surface area contributed by atoms with Crippen LogP contribution in [0, 0.1) is 0 Å². The van der Waals surface area contributed by atoms with Crippen molar-refractivity contribution in [2.45, 2.75) is 6.61 Å². The van der Waals surface area contributed by atoms with Crippen molar-refractivity contribution in [3.63, 3.8) is 0 Å². The number of nitrogens with two attached hydrogens (primary N) is 1. The second kappa shape index (κ2) is 7.40. The molecule has 0 fully saturated rings. The zero-order chi connectivity index (χ0) is 14.2. The monoisotopic (exact) mass is 273 g/mol. The fourth-order valence-electron chi connectivity index (χ4n) is 1.69. The van der Waals surface area contributed by atoms with Crippen LogP contribution in [-0.2, 0) is 11.3 Å². The molecule has 2 aromatic carbocycles. The number of hydrogen-bond donors (Lipinski definition) is 1. The first-order valence-corrected chi connectivity index (χ1v) is 6.47. The lowest BCUT2D eigenvalue weighted by atomic mass is 10.2. The van der Waals surface area contributed by atoms with E-state index < -0.39 is 0 Å². The fourth-order valence-corrected chi connectivity index (χ4v) is 1.69. The van der Waals surface area contributed by atoms with Crippen LogP contribution in [0.25, 0.3) is 0 Å². The SMILES string of the molecule is COc1ccc(OCCOCc2ccc(N)cc2)cc1. The van der Waals surface area contributed by atoms with E-state index in [1.165, 1.54) is 0 Å². The van der Waals surface area contributed by atoms with E-state index in [9.17, 15) is 0 Å². The summed E-state index contributed by atoms with van der Waals surface area (Å²) in [6.07, 6.45) is 0. The number of anilines is 1. The first-order chi connectivity index (χ1) is 9.78. The molecule has 0 spiro atoms. The Kier molecular flexibility index (Phi) is 5.26. The summed E-state index contributed by atoms with van der Waals surface area (Å²) in [5, 5.41) is 0. The largest absolute Gasteiger partial charge is 0.497 e. The Hall–Kier alpha value is -2.20. The Balaban J connectivity index is 1.64. The minimum absolute atomic E-state index is 0.515. The highest BCUT2D eigenvalue weighted by molar-refractivity contribution is 5.39. The second-order valence-corrected chi connectivity index (χ2v) is 4.32. The third-order valence-corrected chi connectivity index (χ3v) is 2.80. The molecule has 0 aliphatic rings. The van der Waals surface area contributed by atoms with Crippen molar-refractivity contribution in [1.82, 2.24) is 0 Å². The topological polar surface area (TPSA) is 53.7 Å². The van der Waals surface area contributed by atoms with Gasteiger partial charge in [-0.3, -0.25) is 0 Å². The first kappa shape index (κ1) is 14.2. The lowest BCUT2D eigenvalue weighted by Crippen LogP contribution is -2.06. The smallest absolute Gasteiger partial charge is 0.119 e. The van der Waals surface area contributed by atoms with Gasteiger partial charge in [0.2, 0.25) is 0 Å². The van der Waals surface area contributed by atoms with E-state index >= 15 is 0 Å². The van der Waals surface area contributed by atoms with Crippen molar-refractivity contribution in [3.05, 3.63) is 54.1 Å². The van der Waals surface area contributed by atoms with Crippen LogP contribution in [0.3, 0.4) is 0 Å². The molecule has 0 radical (unpaired) electrons. The van der Waals surface area contributed by atoms with Gasteiger partial charge in [-0.1, -0.05) is 12.1 Å². The average Bonchev–Trinajstić information content (AvgIpc) is 2.49. The van der Waals surface area contributed by atoms with Crippen LogP contribution in [0.1, 0.15) is 5.56 Å². The summed E-state index contributed by atoms with van der Waals surface area (Å²) in [6, 6.07) is 15.1. The standard InChI is InChI=1S/C16H19NO3/c1-18-15-6-8-16(9-7-15)20-11-10-19-12-13-2-4-14(17)5-3-13/h2-9H,10-12,17H2,1H3. The molecule has 0 bridgehead atoms. The highest BCUT2D eigenvalue weighted by atomic mass is 16.5. The Morgan fingerprint density at radius 2 is 1.50 bits per heavy atom. The van der Waals surface area contributed by atoms with E-state index in [1.807, 2.05) is 48.5 Å². The summed E-state index contributed by atoms with van der Waals surface area (Å²) in [4.78, 5) is 0. The van der Waals surface area contributed by atoms with Gasteiger partial charge in [0.1, 0.15) is 18.1 Å². The minimum atomic E-state index is 0.515. The molecule has 106 valence electrons. The fraction of sp³-hybridized carbons (Fsp3) is 0.250. The Morgan fingerprint density at radius 3 is 2.15 bits per heavy atom. The maximum atomic E-state index is 5.62. The molecular formula is C16H19NO3. The van der Waals surface area contributed by atoms with Crippen LogP contribution in [0.4, 0.5) is 5.69 Å². The van der Waals surface area contributed by atoms with Gasteiger partial charge >= 0.3 is 0 Å². The van der Waals surface area contributed by atoms with Gasteiger partial charge in [0, 0.05) is 5.69 Å². The maximum Gasteiger partial charge on any atom is 0.119 e. The number of hydrogen-bond acceptors (Lipinski definition) is 4. The van der Waals surface area contributed by atoms with Gasteiger partial charge in [-0.05, 0) is 42.0 Å². The zero-order valence-corrected chi connectivity index (χ0v) is 11.5. The maximum absolute atomic E-state index is 5.62. The minimum Gasteiger partial charge on any atom is -0.497 e. The third kappa shape index (κ3) is 4.48. The zero-order valence-electron chi connectivity index (χ0n) is 11.5. The molecule has 2 aromatic rings. The van der Waals surface area contributed by atoms with Crippen LogP contribution < -0.4 is 15.2 Å². The number of methoxy groups -OCH3 is 1. The molecule has 0 amide bonds. The van der Waals surface area contributed by atoms with Gasteiger partial charge in [0.05, 0.1) is 20.3 Å². The summed E-state index contributed by atoms with van der Waals surface area (Å²) < 4.78 is 16.2.